The lowest BCUT2D eigenvalue weighted by Gasteiger charge is -2.13. The van der Waals surface area contributed by atoms with Crippen LogP contribution >= 0.6 is 0 Å². The second kappa shape index (κ2) is 8.90. The van der Waals surface area contributed by atoms with Gasteiger partial charge in [-0.15, -0.1) is 0 Å². The average molecular weight is 418 g/mol. The summed E-state index contributed by atoms with van der Waals surface area (Å²) in [7, 11) is 0. The minimum absolute atomic E-state index is 0.0711. The van der Waals surface area contributed by atoms with E-state index >= 15 is 0 Å². The Morgan fingerprint density at radius 2 is 1.50 bits per heavy atom. The molecule has 3 aromatic rings. The molecular weight excluding hydrogens is 394 g/mol. The molecule has 2 aliphatic rings. The van der Waals surface area contributed by atoms with Crippen molar-refractivity contribution in [3.8, 4) is 17.1 Å². The minimum Gasteiger partial charge on any atom is -0.354 e. The first-order valence-electron chi connectivity index (χ1n) is 10.7. The summed E-state index contributed by atoms with van der Waals surface area (Å²) < 4.78 is 1.68. The van der Waals surface area contributed by atoms with Gasteiger partial charge in [-0.1, -0.05) is 103 Å². The number of nitrogens with zero attached hydrogens (tertiary/aromatic N) is 2. The number of hydrogen-bond donors (Lipinski definition) is 1. The number of allylic oxidation sites excluding steroid dienone is 1. The van der Waals surface area contributed by atoms with Gasteiger partial charge in [0.2, 0.25) is 0 Å². The summed E-state index contributed by atoms with van der Waals surface area (Å²) in [6.07, 6.45) is 7.04. The SMILES string of the molecule is O=c1c(CC=Cc2ccccc2)nc2c(Cc3ccccc3)[nH]c(-c3ccccc3)cn1-2. The van der Waals surface area contributed by atoms with E-state index in [4.69, 9.17) is 4.98 Å². The molecule has 0 atom stereocenters. The highest BCUT2D eigenvalue weighted by atomic mass is 16.1. The zero-order chi connectivity index (χ0) is 21.8. The maximum atomic E-state index is 13.2. The van der Waals surface area contributed by atoms with Crippen LogP contribution in [0.3, 0.4) is 0 Å². The summed E-state index contributed by atoms with van der Waals surface area (Å²) in [5.74, 6) is 0.682. The summed E-state index contributed by atoms with van der Waals surface area (Å²) in [5, 5.41) is 0. The van der Waals surface area contributed by atoms with E-state index in [0.717, 1.165) is 28.1 Å². The highest BCUT2D eigenvalue weighted by Gasteiger charge is 2.19. The molecule has 2 heterocycles. The van der Waals surface area contributed by atoms with E-state index in [0.29, 0.717) is 24.4 Å². The van der Waals surface area contributed by atoms with Crippen molar-refractivity contribution in [3.05, 3.63) is 136 Å². The molecule has 2 aliphatic heterocycles. The number of aromatic amines is 1. The van der Waals surface area contributed by atoms with Gasteiger partial charge >= 0.3 is 0 Å². The lowest BCUT2D eigenvalue weighted by Crippen LogP contribution is -2.17. The molecule has 0 saturated heterocycles. The predicted octanol–water partition coefficient (Wildman–Crippen LogP) is 5.51. The van der Waals surface area contributed by atoms with Gasteiger partial charge in [0.05, 0.1) is 11.4 Å². The third kappa shape index (κ3) is 4.16. The molecule has 156 valence electrons. The molecular formula is C28H23N3O. The standard InChI is InChI=1S/C28H23N3O/c32-28-24(18-10-15-21-11-4-1-5-12-21)30-27-25(19-22-13-6-2-7-14-22)29-26(20-31(27)28)23-16-8-3-9-17-23/h1-17,20,29H,18-19H2. The number of H-pyrrole nitrogens is 1. The molecule has 0 saturated carbocycles. The van der Waals surface area contributed by atoms with Crippen molar-refractivity contribution < 1.29 is 0 Å². The first-order chi connectivity index (χ1) is 15.8. The molecule has 32 heavy (non-hydrogen) atoms. The Kier molecular flexibility index (Phi) is 5.50. The van der Waals surface area contributed by atoms with Crippen molar-refractivity contribution in [3.63, 3.8) is 0 Å². The van der Waals surface area contributed by atoms with Gasteiger partial charge in [-0.2, -0.15) is 0 Å². The van der Waals surface area contributed by atoms with Crippen molar-refractivity contribution in [1.29, 1.82) is 0 Å². The van der Waals surface area contributed by atoms with Gasteiger partial charge in [0.15, 0.2) is 5.82 Å². The van der Waals surface area contributed by atoms with Crippen molar-refractivity contribution >= 4 is 6.08 Å². The van der Waals surface area contributed by atoms with Gasteiger partial charge in [0.25, 0.3) is 5.56 Å². The van der Waals surface area contributed by atoms with Gasteiger partial charge in [-0.3, -0.25) is 9.36 Å². The van der Waals surface area contributed by atoms with E-state index in [1.165, 1.54) is 0 Å². The Morgan fingerprint density at radius 3 is 2.22 bits per heavy atom. The lowest BCUT2D eigenvalue weighted by atomic mass is 10.1. The third-order valence-electron chi connectivity index (χ3n) is 5.48. The van der Waals surface area contributed by atoms with Crippen LogP contribution in [0, 0.1) is 0 Å². The summed E-state index contributed by atoms with van der Waals surface area (Å²) in [6.45, 7) is 0. The van der Waals surface area contributed by atoms with Crippen LogP contribution in [-0.2, 0) is 12.8 Å². The second-order valence-corrected chi connectivity index (χ2v) is 7.75. The number of imidazole rings is 1. The van der Waals surface area contributed by atoms with E-state index in [2.05, 4.69) is 17.1 Å². The Hall–Kier alpha value is -4.18. The summed E-state index contributed by atoms with van der Waals surface area (Å²) in [6, 6.07) is 30.4. The first-order valence-corrected chi connectivity index (χ1v) is 10.7. The fourth-order valence-electron chi connectivity index (χ4n) is 3.87. The van der Waals surface area contributed by atoms with Crippen LogP contribution in [0.5, 0.6) is 0 Å². The van der Waals surface area contributed by atoms with E-state index in [-0.39, 0.29) is 5.56 Å². The Morgan fingerprint density at radius 1 is 0.844 bits per heavy atom. The normalized spacial score (nSPS) is 11.4. The number of hydrogen-bond acceptors (Lipinski definition) is 2. The molecule has 0 aromatic heterocycles. The molecule has 0 bridgehead atoms. The topological polar surface area (TPSA) is 50.7 Å². The summed E-state index contributed by atoms with van der Waals surface area (Å²) in [4.78, 5) is 21.5. The molecule has 5 rings (SSSR count). The number of aromatic nitrogens is 3. The average Bonchev–Trinajstić information content (AvgIpc) is 3.17. The second-order valence-electron chi connectivity index (χ2n) is 7.75. The minimum atomic E-state index is -0.0711. The molecule has 3 aromatic carbocycles. The molecule has 0 radical (unpaired) electrons. The van der Waals surface area contributed by atoms with Crippen molar-refractivity contribution in [1.82, 2.24) is 14.5 Å². The maximum absolute atomic E-state index is 13.2. The highest BCUT2D eigenvalue weighted by molar-refractivity contribution is 5.60. The molecule has 0 amide bonds. The number of nitrogens with one attached hydrogen (secondary N) is 1. The van der Waals surface area contributed by atoms with Gasteiger partial charge in [-0.25, -0.2) is 4.98 Å². The largest absolute Gasteiger partial charge is 0.354 e. The van der Waals surface area contributed by atoms with Crippen molar-refractivity contribution in [2.75, 3.05) is 0 Å². The van der Waals surface area contributed by atoms with Crippen LogP contribution in [0.25, 0.3) is 23.2 Å². The quantitative estimate of drug-likeness (QED) is 0.396. The van der Waals surface area contributed by atoms with E-state index in [1.54, 1.807) is 4.57 Å². The van der Waals surface area contributed by atoms with Crippen LogP contribution in [0.1, 0.15) is 22.5 Å². The molecule has 0 unspecified atom stereocenters. The highest BCUT2D eigenvalue weighted by Crippen LogP contribution is 2.23. The predicted molar refractivity (Wildman–Crippen MR) is 129 cm³/mol. The van der Waals surface area contributed by atoms with Gasteiger partial charge in [0.1, 0.15) is 5.69 Å². The van der Waals surface area contributed by atoms with E-state index < -0.39 is 0 Å². The molecule has 4 heteroatoms. The van der Waals surface area contributed by atoms with E-state index in [9.17, 15) is 4.79 Å². The monoisotopic (exact) mass is 417 g/mol. The molecule has 0 aliphatic carbocycles. The van der Waals surface area contributed by atoms with Gasteiger partial charge < -0.3 is 4.98 Å². The molecule has 0 fully saturated rings. The van der Waals surface area contributed by atoms with Crippen LogP contribution in [0.15, 0.2) is 108 Å². The summed E-state index contributed by atoms with van der Waals surface area (Å²) >= 11 is 0. The molecule has 0 spiro atoms. The van der Waals surface area contributed by atoms with Gasteiger partial charge in [-0.05, 0) is 16.7 Å². The van der Waals surface area contributed by atoms with Crippen molar-refractivity contribution in [2.45, 2.75) is 12.8 Å². The Labute approximate surface area is 186 Å². The number of benzene rings is 3. The third-order valence-corrected chi connectivity index (χ3v) is 5.48. The zero-order valence-electron chi connectivity index (χ0n) is 17.6. The van der Waals surface area contributed by atoms with Gasteiger partial charge in [0, 0.05) is 19.0 Å². The van der Waals surface area contributed by atoms with Crippen LogP contribution in [-0.4, -0.2) is 14.5 Å². The smallest absolute Gasteiger partial charge is 0.278 e. The van der Waals surface area contributed by atoms with Crippen molar-refractivity contribution in [2.24, 2.45) is 0 Å². The number of rotatable bonds is 6. The zero-order valence-corrected chi connectivity index (χ0v) is 17.6. The Bertz CT molecular complexity index is 1370. The van der Waals surface area contributed by atoms with Crippen LogP contribution in [0.4, 0.5) is 0 Å². The fraction of sp³-hybridized carbons (Fsp3) is 0.0714. The molecule has 1 N–H and O–H groups in total. The van der Waals surface area contributed by atoms with E-state index in [1.807, 2.05) is 97.2 Å². The lowest BCUT2D eigenvalue weighted by molar-refractivity contribution is 0.914. The van der Waals surface area contributed by atoms with Crippen LogP contribution in [0.2, 0.25) is 0 Å². The van der Waals surface area contributed by atoms with Crippen LogP contribution < -0.4 is 5.56 Å². The maximum Gasteiger partial charge on any atom is 0.278 e. The Balaban J connectivity index is 1.56. The fourth-order valence-corrected chi connectivity index (χ4v) is 3.87. The molecule has 4 nitrogen and oxygen atoms in total. The summed E-state index contributed by atoms with van der Waals surface area (Å²) in [5.41, 5.74) is 5.59. The number of fused-ring (bicyclic) bond motifs is 1. The first kappa shape index (κ1) is 19.8.